The van der Waals surface area contributed by atoms with E-state index in [9.17, 15) is 19.5 Å². The summed E-state index contributed by atoms with van der Waals surface area (Å²) >= 11 is 0. The van der Waals surface area contributed by atoms with Gasteiger partial charge in [-0.25, -0.2) is 0 Å². The van der Waals surface area contributed by atoms with Gasteiger partial charge in [0.25, 0.3) is 0 Å². The third-order valence-electron chi connectivity index (χ3n) is 9.27. The van der Waals surface area contributed by atoms with Gasteiger partial charge in [0.2, 0.25) is 17.7 Å². The van der Waals surface area contributed by atoms with Gasteiger partial charge in [-0.05, 0) is 51.0 Å². The van der Waals surface area contributed by atoms with Crippen molar-refractivity contribution < 1.29 is 24.2 Å². The van der Waals surface area contributed by atoms with E-state index in [0.717, 1.165) is 12.0 Å². The molecule has 0 saturated carbocycles. The van der Waals surface area contributed by atoms with Crippen LogP contribution in [0.5, 0.6) is 0 Å². The van der Waals surface area contributed by atoms with Crippen LogP contribution in [0, 0.1) is 17.3 Å². The maximum absolute atomic E-state index is 14.7. The molecule has 42 heavy (non-hydrogen) atoms. The van der Waals surface area contributed by atoms with Crippen molar-refractivity contribution in [1.82, 2.24) is 14.7 Å². The number of benzene rings is 1. The number of aliphatic hydroxyl groups is 1. The average molecular weight is 580 g/mol. The number of ether oxygens (including phenoxy) is 1. The molecule has 1 spiro atoms. The van der Waals surface area contributed by atoms with E-state index < -0.39 is 34.6 Å². The molecule has 0 radical (unpaired) electrons. The third kappa shape index (κ3) is 5.55. The minimum absolute atomic E-state index is 0.00348. The number of hydrogen-bond donors (Lipinski definition) is 1. The van der Waals surface area contributed by atoms with Gasteiger partial charge in [0.15, 0.2) is 0 Å². The molecule has 0 aliphatic carbocycles. The van der Waals surface area contributed by atoms with E-state index in [1.54, 1.807) is 22.0 Å². The minimum Gasteiger partial charge on any atom is -0.395 e. The van der Waals surface area contributed by atoms with Crippen LogP contribution in [0.4, 0.5) is 0 Å². The lowest BCUT2D eigenvalue weighted by molar-refractivity contribution is -0.157. The molecule has 2 unspecified atom stereocenters. The second-order valence-electron chi connectivity index (χ2n) is 14.3. The Balaban J connectivity index is 1.76. The van der Waals surface area contributed by atoms with Crippen LogP contribution >= 0.6 is 0 Å². The van der Waals surface area contributed by atoms with Gasteiger partial charge in [0.1, 0.15) is 11.6 Å². The van der Waals surface area contributed by atoms with E-state index in [4.69, 9.17) is 4.74 Å². The predicted octanol–water partition coefficient (Wildman–Crippen LogP) is 4.19. The lowest BCUT2D eigenvalue weighted by atomic mass is 9.66. The molecular formula is C34H49N3O5. The summed E-state index contributed by atoms with van der Waals surface area (Å²) in [4.78, 5) is 48.4. The number of aliphatic hydroxyl groups excluding tert-OH is 1. The summed E-state index contributed by atoms with van der Waals surface area (Å²) in [5.74, 6) is -2.26. The smallest absolute Gasteiger partial charge is 0.249 e. The number of nitrogens with zero attached hydrogens (tertiary/aromatic N) is 3. The summed E-state index contributed by atoms with van der Waals surface area (Å²) < 4.78 is 6.82. The molecule has 3 fully saturated rings. The number of fused-ring (bicyclic) bond motifs is 1. The molecule has 1 aromatic carbocycles. The first-order valence-electron chi connectivity index (χ1n) is 15.1. The van der Waals surface area contributed by atoms with Crippen LogP contribution in [-0.4, -0.2) is 86.6 Å². The Morgan fingerprint density at radius 1 is 1.07 bits per heavy atom. The number of β-amino-alcohol motifs (C(OH)–C–C–N with tert-alkyl or cyclic N) is 1. The van der Waals surface area contributed by atoms with Crippen LogP contribution < -0.4 is 0 Å². The fraction of sp³-hybridized carbons (Fsp3) is 0.618. The summed E-state index contributed by atoms with van der Waals surface area (Å²) in [6.07, 6.45) is 5.18. The molecule has 3 aliphatic heterocycles. The molecule has 3 aliphatic rings. The number of carbonyl (C=O) groups is 3. The van der Waals surface area contributed by atoms with Gasteiger partial charge in [-0.15, -0.1) is 13.2 Å². The number of likely N-dealkylation sites (tertiary alicyclic amines) is 1. The fourth-order valence-electron chi connectivity index (χ4n) is 8.12. The van der Waals surface area contributed by atoms with Gasteiger partial charge in [-0.3, -0.25) is 14.4 Å². The Bertz CT molecular complexity index is 1210. The van der Waals surface area contributed by atoms with E-state index >= 15 is 0 Å². The number of carbonyl (C=O) groups excluding carboxylic acids is 3. The molecule has 3 amide bonds. The van der Waals surface area contributed by atoms with Crippen LogP contribution in [0.2, 0.25) is 0 Å². The Labute approximate surface area is 251 Å². The third-order valence-corrected chi connectivity index (χ3v) is 9.27. The molecule has 4 rings (SSSR count). The van der Waals surface area contributed by atoms with Crippen molar-refractivity contribution in [3.05, 3.63) is 61.2 Å². The van der Waals surface area contributed by atoms with Crippen LogP contribution in [0.3, 0.4) is 0 Å². The molecule has 8 heteroatoms. The van der Waals surface area contributed by atoms with Crippen molar-refractivity contribution in [1.29, 1.82) is 0 Å². The number of amides is 3. The summed E-state index contributed by atoms with van der Waals surface area (Å²) in [5.41, 5.74) is -1.66. The van der Waals surface area contributed by atoms with Crippen molar-refractivity contribution in [3.63, 3.8) is 0 Å². The maximum atomic E-state index is 14.7. The van der Waals surface area contributed by atoms with E-state index in [-0.39, 0.29) is 36.3 Å². The molecule has 0 aromatic heterocycles. The van der Waals surface area contributed by atoms with Gasteiger partial charge >= 0.3 is 0 Å². The zero-order valence-electron chi connectivity index (χ0n) is 26.3. The molecule has 5 atom stereocenters. The van der Waals surface area contributed by atoms with Crippen LogP contribution in [0.15, 0.2) is 55.6 Å². The molecule has 8 nitrogen and oxygen atoms in total. The van der Waals surface area contributed by atoms with E-state index in [0.29, 0.717) is 32.5 Å². The maximum Gasteiger partial charge on any atom is 0.249 e. The zero-order valence-corrected chi connectivity index (χ0v) is 26.3. The van der Waals surface area contributed by atoms with E-state index in [1.807, 2.05) is 51.1 Å². The highest BCUT2D eigenvalue weighted by atomic mass is 16.5. The Kier molecular flexibility index (Phi) is 8.83. The standard InChI is InChI=1S/C34H49N3O5/c1-9-18-35(22-24-14-12-11-13-15-24)28(39)25-26-29(40)36(20-21-38)27(34(26)17-16-33(25,8)42-34)30(41)37(19-10-2)32(6,7)23-31(3,4)5/h9-15,25-27,38H,1-2,16-23H2,3-8H3/t25-,26-,27?,33+,34?/m0/s1. The van der Waals surface area contributed by atoms with Crippen molar-refractivity contribution >= 4 is 17.7 Å². The van der Waals surface area contributed by atoms with Gasteiger partial charge < -0.3 is 24.5 Å². The molecule has 1 N–H and O–H groups in total. The fourth-order valence-corrected chi connectivity index (χ4v) is 8.12. The van der Waals surface area contributed by atoms with Crippen molar-refractivity contribution in [2.24, 2.45) is 17.3 Å². The first-order valence-corrected chi connectivity index (χ1v) is 15.1. The number of rotatable bonds is 12. The lowest BCUT2D eigenvalue weighted by Crippen LogP contribution is -2.61. The largest absolute Gasteiger partial charge is 0.395 e. The first kappa shape index (κ1) is 32.0. The second-order valence-corrected chi connectivity index (χ2v) is 14.3. The quantitative estimate of drug-likeness (QED) is 0.375. The van der Waals surface area contributed by atoms with Gasteiger partial charge in [0.05, 0.1) is 24.0 Å². The molecule has 2 bridgehead atoms. The highest BCUT2D eigenvalue weighted by molar-refractivity contribution is 5.99. The Morgan fingerprint density at radius 3 is 2.29 bits per heavy atom. The minimum atomic E-state index is -1.15. The Morgan fingerprint density at radius 2 is 1.71 bits per heavy atom. The van der Waals surface area contributed by atoms with Gasteiger partial charge in [-0.1, -0.05) is 63.3 Å². The van der Waals surface area contributed by atoms with Crippen molar-refractivity contribution in [2.75, 3.05) is 26.2 Å². The van der Waals surface area contributed by atoms with Crippen molar-refractivity contribution in [3.8, 4) is 0 Å². The average Bonchev–Trinajstić information content (AvgIpc) is 3.46. The van der Waals surface area contributed by atoms with Crippen LogP contribution in [0.1, 0.15) is 66.4 Å². The molecule has 1 aromatic rings. The SMILES string of the molecule is C=CCN(Cc1ccccc1)C(=O)[C@@H]1[C@H]2C(=O)N(CCO)C(C(=O)N(CC=C)C(C)(C)CC(C)(C)C)C23CC[C@@]1(C)O3. The number of hydrogen-bond acceptors (Lipinski definition) is 5. The lowest BCUT2D eigenvalue weighted by Gasteiger charge is -2.45. The van der Waals surface area contributed by atoms with Gasteiger partial charge in [0, 0.05) is 31.7 Å². The summed E-state index contributed by atoms with van der Waals surface area (Å²) in [7, 11) is 0. The normalized spacial score (nSPS) is 28.5. The van der Waals surface area contributed by atoms with Crippen molar-refractivity contribution in [2.45, 2.75) is 90.1 Å². The molecule has 3 heterocycles. The summed E-state index contributed by atoms with van der Waals surface area (Å²) in [5, 5.41) is 10.0. The van der Waals surface area contributed by atoms with E-state index in [2.05, 4.69) is 33.9 Å². The summed E-state index contributed by atoms with van der Waals surface area (Å²) in [6, 6.07) is 8.79. The Hall–Kier alpha value is -2.97. The molecular weight excluding hydrogens is 530 g/mol. The topological polar surface area (TPSA) is 90.4 Å². The van der Waals surface area contributed by atoms with Crippen LogP contribution in [-0.2, 0) is 25.7 Å². The second kappa shape index (κ2) is 11.6. The zero-order chi connectivity index (χ0) is 31.1. The first-order chi connectivity index (χ1) is 19.7. The van der Waals surface area contributed by atoms with E-state index in [1.165, 1.54) is 4.90 Å². The predicted molar refractivity (Wildman–Crippen MR) is 163 cm³/mol. The van der Waals surface area contributed by atoms with Crippen LogP contribution in [0.25, 0.3) is 0 Å². The molecule has 230 valence electrons. The summed E-state index contributed by atoms with van der Waals surface area (Å²) in [6.45, 7) is 20.9. The molecule has 3 saturated heterocycles. The highest BCUT2D eigenvalue weighted by Crippen LogP contribution is 2.63. The monoisotopic (exact) mass is 579 g/mol. The van der Waals surface area contributed by atoms with Gasteiger partial charge in [-0.2, -0.15) is 0 Å². The highest BCUT2D eigenvalue weighted by Gasteiger charge is 2.78.